The fraction of sp³-hybridized carbons (Fsp3) is 0.433. The van der Waals surface area contributed by atoms with Crippen LogP contribution in [0.5, 0.6) is 5.75 Å². The summed E-state index contributed by atoms with van der Waals surface area (Å²) >= 11 is 0. The van der Waals surface area contributed by atoms with E-state index in [1.54, 1.807) is 6.07 Å². The molecule has 2 aromatic carbocycles. The van der Waals surface area contributed by atoms with E-state index in [1.807, 2.05) is 35.9 Å². The Kier molecular flexibility index (Phi) is 7.29. The van der Waals surface area contributed by atoms with Gasteiger partial charge in [0.05, 0.1) is 17.1 Å². The van der Waals surface area contributed by atoms with Crippen molar-refractivity contribution in [3.05, 3.63) is 59.7 Å². The maximum absolute atomic E-state index is 15.3. The number of aromatic hydroxyl groups is 1. The minimum absolute atomic E-state index is 0.210. The SMILES string of the molecule is Cc1cccc(CNc2ccc(-c3nn(C4CCC(N5CCN(C)CC5)CC4)c4ncnc(N)c34)cc2F)c1O. The van der Waals surface area contributed by atoms with Crippen molar-refractivity contribution in [1.82, 2.24) is 29.5 Å². The standard InChI is InChI=1S/C30H37FN8O/c1-19-4-3-5-21(28(19)40)17-33-25-11-6-20(16-24(25)31)27-26-29(32)34-18-35-30(26)39(36-27)23-9-7-22(8-10-23)38-14-12-37(2)13-15-38/h3-6,11,16,18,22-23,33,40H,7-10,12-15,17H2,1-2H3,(H2,32,34,35). The number of fused-ring (bicyclic) bond motifs is 1. The number of aromatic nitrogens is 4. The number of hydrogen-bond acceptors (Lipinski definition) is 8. The molecule has 9 nitrogen and oxygen atoms in total. The number of nitrogens with zero attached hydrogens (tertiary/aromatic N) is 6. The topological polar surface area (TPSA) is 108 Å². The Morgan fingerprint density at radius 2 is 1.77 bits per heavy atom. The molecule has 1 saturated heterocycles. The zero-order chi connectivity index (χ0) is 27.8. The summed E-state index contributed by atoms with van der Waals surface area (Å²) in [6, 6.07) is 11.4. The van der Waals surface area contributed by atoms with Crippen molar-refractivity contribution in [2.45, 2.75) is 51.2 Å². The monoisotopic (exact) mass is 544 g/mol. The second kappa shape index (κ2) is 11.0. The number of benzene rings is 2. The zero-order valence-electron chi connectivity index (χ0n) is 23.1. The minimum atomic E-state index is -0.407. The molecule has 0 unspecified atom stereocenters. The summed E-state index contributed by atoms with van der Waals surface area (Å²) in [5.41, 5.74) is 10.1. The van der Waals surface area contributed by atoms with Crippen molar-refractivity contribution in [3.63, 3.8) is 0 Å². The van der Waals surface area contributed by atoms with Gasteiger partial charge in [-0.1, -0.05) is 24.3 Å². The molecule has 2 aliphatic rings. The smallest absolute Gasteiger partial charge is 0.164 e. The molecule has 40 heavy (non-hydrogen) atoms. The number of anilines is 2. The van der Waals surface area contributed by atoms with E-state index in [0.717, 1.165) is 57.4 Å². The summed E-state index contributed by atoms with van der Waals surface area (Å²) in [5.74, 6) is 0.155. The Morgan fingerprint density at radius 1 is 1.02 bits per heavy atom. The minimum Gasteiger partial charge on any atom is -0.507 e. The Bertz CT molecular complexity index is 1510. The molecule has 0 spiro atoms. The third kappa shape index (κ3) is 5.09. The van der Waals surface area contributed by atoms with Crippen molar-refractivity contribution < 1.29 is 9.50 Å². The molecule has 10 heteroatoms. The number of nitrogens with one attached hydrogen (secondary N) is 1. The molecule has 1 aliphatic heterocycles. The van der Waals surface area contributed by atoms with Gasteiger partial charge in [-0.2, -0.15) is 5.10 Å². The van der Waals surface area contributed by atoms with Gasteiger partial charge in [0.2, 0.25) is 0 Å². The number of phenols is 1. The summed E-state index contributed by atoms with van der Waals surface area (Å²) in [6.07, 6.45) is 5.75. The van der Waals surface area contributed by atoms with Gasteiger partial charge in [0, 0.05) is 49.9 Å². The van der Waals surface area contributed by atoms with E-state index in [1.165, 1.54) is 12.4 Å². The van der Waals surface area contributed by atoms with Crippen LogP contribution in [0, 0.1) is 12.7 Å². The number of hydrogen-bond donors (Lipinski definition) is 3. The van der Waals surface area contributed by atoms with Crippen molar-refractivity contribution >= 4 is 22.5 Å². The van der Waals surface area contributed by atoms with Gasteiger partial charge in [-0.3, -0.25) is 4.90 Å². The Balaban J connectivity index is 1.23. The van der Waals surface area contributed by atoms with Gasteiger partial charge in [0.15, 0.2) is 5.65 Å². The Hall–Kier alpha value is -3.76. The predicted octanol–water partition coefficient (Wildman–Crippen LogP) is 4.57. The lowest BCUT2D eigenvalue weighted by Crippen LogP contribution is -2.49. The van der Waals surface area contributed by atoms with Crippen LogP contribution in [0.2, 0.25) is 0 Å². The van der Waals surface area contributed by atoms with E-state index in [0.29, 0.717) is 51.9 Å². The third-order valence-electron chi connectivity index (χ3n) is 8.62. The first-order chi connectivity index (χ1) is 19.4. The molecule has 1 aliphatic carbocycles. The highest BCUT2D eigenvalue weighted by molar-refractivity contribution is 5.98. The molecular formula is C30H37FN8O. The largest absolute Gasteiger partial charge is 0.507 e. The molecule has 4 N–H and O–H groups in total. The van der Waals surface area contributed by atoms with E-state index in [-0.39, 0.29) is 11.8 Å². The van der Waals surface area contributed by atoms with E-state index in [9.17, 15) is 5.11 Å². The average Bonchev–Trinajstić information content (AvgIpc) is 3.36. The van der Waals surface area contributed by atoms with Crippen LogP contribution in [0.25, 0.3) is 22.3 Å². The second-order valence-corrected chi connectivity index (χ2v) is 11.2. The quantitative estimate of drug-likeness (QED) is 0.324. The first kappa shape index (κ1) is 26.5. The van der Waals surface area contributed by atoms with Gasteiger partial charge < -0.3 is 21.1 Å². The lowest BCUT2D eigenvalue weighted by atomic mass is 9.90. The van der Waals surface area contributed by atoms with Crippen LogP contribution in [0.3, 0.4) is 0 Å². The van der Waals surface area contributed by atoms with Gasteiger partial charge in [-0.15, -0.1) is 0 Å². The number of nitrogens with two attached hydrogens (primary N) is 1. The summed E-state index contributed by atoms with van der Waals surface area (Å²) < 4.78 is 17.3. The summed E-state index contributed by atoms with van der Waals surface area (Å²) in [4.78, 5) is 13.8. The molecule has 0 radical (unpaired) electrons. The van der Waals surface area contributed by atoms with Crippen LogP contribution in [0.15, 0.2) is 42.7 Å². The first-order valence-corrected chi connectivity index (χ1v) is 14.1. The highest BCUT2D eigenvalue weighted by Crippen LogP contribution is 2.37. The highest BCUT2D eigenvalue weighted by atomic mass is 19.1. The van der Waals surface area contributed by atoms with Crippen molar-refractivity contribution in [2.75, 3.05) is 44.3 Å². The van der Waals surface area contributed by atoms with Gasteiger partial charge in [0.25, 0.3) is 0 Å². The summed E-state index contributed by atoms with van der Waals surface area (Å²) in [6.45, 7) is 6.66. The lowest BCUT2D eigenvalue weighted by molar-refractivity contribution is 0.0815. The van der Waals surface area contributed by atoms with E-state index in [2.05, 4.69) is 32.1 Å². The molecule has 1 saturated carbocycles. The fourth-order valence-corrected chi connectivity index (χ4v) is 6.17. The number of piperazine rings is 1. The number of likely N-dealkylation sites (N-methyl/N-ethyl adjacent to an activating group) is 1. The Labute approximate surface area is 233 Å². The van der Waals surface area contributed by atoms with E-state index < -0.39 is 5.82 Å². The fourth-order valence-electron chi connectivity index (χ4n) is 6.17. The van der Waals surface area contributed by atoms with Gasteiger partial charge in [-0.25, -0.2) is 19.0 Å². The molecule has 6 rings (SSSR count). The van der Waals surface area contributed by atoms with Crippen molar-refractivity contribution in [1.29, 1.82) is 0 Å². The van der Waals surface area contributed by atoms with Crippen molar-refractivity contribution in [2.24, 2.45) is 0 Å². The number of halogens is 1. The van der Waals surface area contributed by atoms with Crippen LogP contribution in [-0.2, 0) is 6.54 Å². The molecule has 2 aromatic heterocycles. The number of rotatable bonds is 6. The predicted molar refractivity (Wildman–Crippen MR) is 156 cm³/mol. The number of para-hydroxylation sites is 1. The molecule has 0 bridgehead atoms. The number of aryl methyl sites for hydroxylation is 1. The normalized spacial score (nSPS) is 20.7. The number of nitrogen functional groups attached to an aromatic ring is 1. The van der Waals surface area contributed by atoms with Crippen LogP contribution < -0.4 is 11.1 Å². The van der Waals surface area contributed by atoms with Crippen LogP contribution in [0.1, 0.15) is 42.9 Å². The van der Waals surface area contributed by atoms with Crippen LogP contribution in [0.4, 0.5) is 15.9 Å². The third-order valence-corrected chi connectivity index (χ3v) is 8.62. The number of phenolic OH excluding ortho intramolecular Hbond substituents is 1. The molecule has 0 atom stereocenters. The van der Waals surface area contributed by atoms with Gasteiger partial charge in [0.1, 0.15) is 29.4 Å². The highest BCUT2D eigenvalue weighted by Gasteiger charge is 2.30. The molecule has 0 amide bonds. The van der Waals surface area contributed by atoms with E-state index in [4.69, 9.17) is 10.8 Å². The lowest BCUT2D eigenvalue weighted by Gasteiger charge is -2.41. The Morgan fingerprint density at radius 3 is 2.52 bits per heavy atom. The molecule has 3 heterocycles. The molecular weight excluding hydrogens is 507 g/mol. The molecule has 2 fully saturated rings. The maximum Gasteiger partial charge on any atom is 0.164 e. The van der Waals surface area contributed by atoms with Gasteiger partial charge >= 0.3 is 0 Å². The van der Waals surface area contributed by atoms with Crippen LogP contribution in [-0.4, -0.2) is 73.9 Å². The summed E-state index contributed by atoms with van der Waals surface area (Å²) in [5, 5.41) is 19.0. The average molecular weight is 545 g/mol. The molecule has 4 aromatic rings. The first-order valence-electron chi connectivity index (χ1n) is 14.1. The second-order valence-electron chi connectivity index (χ2n) is 11.2. The van der Waals surface area contributed by atoms with Crippen LogP contribution >= 0.6 is 0 Å². The zero-order valence-corrected chi connectivity index (χ0v) is 23.1. The summed E-state index contributed by atoms with van der Waals surface area (Å²) in [7, 11) is 2.19. The van der Waals surface area contributed by atoms with Gasteiger partial charge in [-0.05, 0) is 57.4 Å². The van der Waals surface area contributed by atoms with E-state index >= 15 is 4.39 Å². The molecule has 210 valence electrons. The van der Waals surface area contributed by atoms with Crippen molar-refractivity contribution in [3.8, 4) is 17.0 Å². The maximum atomic E-state index is 15.3.